The van der Waals surface area contributed by atoms with E-state index in [9.17, 15) is 19.5 Å². The Morgan fingerprint density at radius 3 is 2.61 bits per heavy atom. The summed E-state index contributed by atoms with van der Waals surface area (Å²) in [6.45, 7) is 3.90. The molecular weight excluding hydrogens is 528 g/mol. The van der Waals surface area contributed by atoms with Crippen LogP contribution in [0.1, 0.15) is 34.7 Å². The molecule has 12 nitrogen and oxygen atoms in total. The lowest BCUT2D eigenvalue weighted by atomic mass is 9.99. The van der Waals surface area contributed by atoms with Gasteiger partial charge in [-0.1, -0.05) is 13.0 Å². The second kappa shape index (κ2) is 13.1. The number of fused-ring (bicyclic) bond motifs is 1. The molecule has 0 saturated carbocycles. The fourth-order valence-electron chi connectivity index (χ4n) is 4.41. The summed E-state index contributed by atoms with van der Waals surface area (Å²) in [4.78, 5) is 50.7. The molecule has 1 aliphatic heterocycles. The molecule has 0 saturated heterocycles. The smallest absolute Gasteiger partial charge is 0.321 e. The number of aliphatic hydroxyl groups is 1. The van der Waals surface area contributed by atoms with Crippen LogP contribution in [0.15, 0.2) is 61.1 Å². The summed E-state index contributed by atoms with van der Waals surface area (Å²) < 4.78 is 11.6. The minimum atomic E-state index is -0.573. The fourth-order valence-corrected chi connectivity index (χ4v) is 4.41. The van der Waals surface area contributed by atoms with E-state index in [2.05, 4.69) is 20.6 Å². The van der Waals surface area contributed by atoms with Crippen molar-refractivity contribution in [1.29, 1.82) is 0 Å². The van der Waals surface area contributed by atoms with Crippen LogP contribution in [-0.4, -0.2) is 88.7 Å². The third-order valence-corrected chi connectivity index (χ3v) is 6.88. The van der Waals surface area contributed by atoms with Crippen LogP contribution in [0.2, 0.25) is 0 Å². The number of urea groups is 1. The molecule has 0 unspecified atom stereocenters. The monoisotopic (exact) mass is 562 g/mol. The zero-order valence-corrected chi connectivity index (χ0v) is 23.4. The van der Waals surface area contributed by atoms with Crippen LogP contribution in [0.3, 0.4) is 0 Å². The van der Waals surface area contributed by atoms with Crippen molar-refractivity contribution in [2.24, 2.45) is 5.92 Å². The van der Waals surface area contributed by atoms with Gasteiger partial charge in [-0.2, -0.15) is 0 Å². The highest BCUT2D eigenvalue weighted by Crippen LogP contribution is 2.35. The van der Waals surface area contributed by atoms with E-state index < -0.39 is 18.1 Å². The SMILES string of the molecule is COc1ccc(NC(=O)N(C)C[C@H]2Oc3c(NC(=O)c4cnccn4)cccc3C(=O)N([C@@H](C)CO)C[C@H]2C)cc1. The normalized spacial score (nSPS) is 17.3. The van der Waals surface area contributed by atoms with Gasteiger partial charge in [-0.15, -0.1) is 0 Å². The lowest BCUT2D eigenvalue weighted by Gasteiger charge is -2.38. The summed E-state index contributed by atoms with van der Waals surface area (Å²) in [5.41, 5.74) is 1.19. The minimum absolute atomic E-state index is 0.0951. The molecule has 1 aromatic heterocycles. The summed E-state index contributed by atoms with van der Waals surface area (Å²) in [5.74, 6) is -0.268. The van der Waals surface area contributed by atoms with E-state index in [-0.39, 0.29) is 60.2 Å². The highest BCUT2D eigenvalue weighted by molar-refractivity contribution is 6.06. The van der Waals surface area contributed by atoms with Crippen LogP contribution in [0.4, 0.5) is 16.2 Å². The van der Waals surface area contributed by atoms with Crippen molar-refractivity contribution < 1.29 is 29.0 Å². The van der Waals surface area contributed by atoms with Gasteiger partial charge >= 0.3 is 6.03 Å². The fraction of sp³-hybridized carbons (Fsp3) is 0.345. The number of hydrogen-bond donors (Lipinski definition) is 3. The third-order valence-electron chi connectivity index (χ3n) is 6.88. The van der Waals surface area contributed by atoms with E-state index in [4.69, 9.17) is 9.47 Å². The van der Waals surface area contributed by atoms with Gasteiger partial charge in [-0.05, 0) is 43.3 Å². The van der Waals surface area contributed by atoms with Crippen LogP contribution in [0, 0.1) is 5.92 Å². The topological polar surface area (TPSA) is 146 Å². The van der Waals surface area contributed by atoms with E-state index in [0.29, 0.717) is 11.4 Å². The maximum atomic E-state index is 13.6. The summed E-state index contributed by atoms with van der Waals surface area (Å²) >= 11 is 0. The summed E-state index contributed by atoms with van der Waals surface area (Å²) in [7, 11) is 3.22. The number of rotatable bonds is 8. The number of aromatic nitrogens is 2. The van der Waals surface area contributed by atoms with Crippen LogP contribution in [-0.2, 0) is 0 Å². The van der Waals surface area contributed by atoms with Crippen molar-refractivity contribution in [2.75, 3.05) is 44.5 Å². The average Bonchev–Trinajstić information content (AvgIpc) is 2.99. The maximum Gasteiger partial charge on any atom is 0.321 e. The van der Waals surface area contributed by atoms with Crippen LogP contribution < -0.4 is 20.1 Å². The van der Waals surface area contributed by atoms with Crippen LogP contribution >= 0.6 is 0 Å². The number of hydrogen-bond acceptors (Lipinski definition) is 8. The Balaban J connectivity index is 1.62. The van der Waals surface area contributed by atoms with Crippen molar-refractivity contribution in [3.05, 3.63) is 72.3 Å². The van der Waals surface area contributed by atoms with Crippen molar-refractivity contribution >= 4 is 29.2 Å². The number of para-hydroxylation sites is 1. The van der Waals surface area contributed by atoms with Gasteiger partial charge in [0.15, 0.2) is 5.75 Å². The molecule has 3 aromatic rings. The lowest BCUT2D eigenvalue weighted by Crippen LogP contribution is -2.50. The number of carbonyl (C=O) groups is 3. The maximum absolute atomic E-state index is 13.6. The highest BCUT2D eigenvalue weighted by Gasteiger charge is 2.35. The molecule has 2 heterocycles. The molecule has 0 spiro atoms. The second-order valence-electron chi connectivity index (χ2n) is 9.89. The van der Waals surface area contributed by atoms with E-state index in [1.54, 1.807) is 68.4 Å². The molecule has 0 aliphatic carbocycles. The van der Waals surface area contributed by atoms with Crippen molar-refractivity contribution in [3.63, 3.8) is 0 Å². The van der Waals surface area contributed by atoms with Crippen LogP contribution in [0.25, 0.3) is 0 Å². The largest absolute Gasteiger partial charge is 0.497 e. The van der Waals surface area contributed by atoms with Gasteiger partial charge < -0.3 is 35.0 Å². The first-order chi connectivity index (χ1) is 19.7. The number of anilines is 2. The molecule has 4 rings (SSSR count). The first-order valence-corrected chi connectivity index (χ1v) is 13.2. The summed E-state index contributed by atoms with van der Waals surface area (Å²) in [5, 5.41) is 15.5. The molecule has 1 aliphatic rings. The molecule has 0 fully saturated rings. The summed E-state index contributed by atoms with van der Waals surface area (Å²) in [6.07, 6.45) is 3.63. The molecular formula is C29H34N6O6. The van der Waals surface area contributed by atoms with Gasteiger partial charge in [0.1, 0.15) is 17.5 Å². The molecule has 12 heteroatoms. The van der Waals surface area contributed by atoms with E-state index in [1.807, 2.05) is 6.92 Å². The van der Waals surface area contributed by atoms with Gasteiger partial charge in [-0.3, -0.25) is 14.6 Å². The van der Waals surface area contributed by atoms with Gasteiger partial charge in [0.2, 0.25) is 0 Å². The van der Waals surface area contributed by atoms with E-state index in [1.165, 1.54) is 23.5 Å². The quantitative estimate of drug-likeness (QED) is 0.380. The number of nitrogens with zero attached hydrogens (tertiary/aromatic N) is 4. The number of nitrogens with one attached hydrogen (secondary N) is 2. The average molecular weight is 563 g/mol. The van der Waals surface area contributed by atoms with Crippen molar-refractivity contribution in [3.8, 4) is 11.5 Å². The molecule has 2 aromatic carbocycles. The van der Waals surface area contributed by atoms with E-state index in [0.717, 1.165) is 0 Å². The number of aliphatic hydroxyl groups excluding tert-OH is 1. The number of benzene rings is 2. The zero-order valence-electron chi connectivity index (χ0n) is 23.4. The molecule has 216 valence electrons. The number of ether oxygens (including phenoxy) is 2. The minimum Gasteiger partial charge on any atom is -0.497 e. The molecule has 41 heavy (non-hydrogen) atoms. The molecule has 4 amide bonds. The van der Waals surface area contributed by atoms with Gasteiger partial charge in [0.25, 0.3) is 11.8 Å². The second-order valence-corrected chi connectivity index (χ2v) is 9.89. The lowest BCUT2D eigenvalue weighted by molar-refractivity contribution is 0.0372. The van der Waals surface area contributed by atoms with Crippen molar-refractivity contribution in [2.45, 2.75) is 26.0 Å². The predicted molar refractivity (Wildman–Crippen MR) is 152 cm³/mol. The molecule has 3 atom stereocenters. The Labute approximate surface area is 238 Å². The Morgan fingerprint density at radius 2 is 1.95 bits per heavy atom. The molecule has 3 N–H and O–H groups in total. The third kappa shape index (κ3) is 6.90. The Bertz CT molecular complexity index is 1370. The van der Waals surface area contributed by atoms with Crippen molar-refractivity contribution in [1.82, 2.24) is 19.8 Å². The molecule has 0 radical (unpaired) electrons. The number of methoxy groups -OCH3 is 1. The number of amides is 4. The molecule has 0 bridgehead atoms. The zero-order chi connectivity index (χ0) is 29.5. The Morgan fingerprint density at radius 1 is 1.20 bits per heavy atom. The van der Waals surface area contributed by atoms with Gasteiger partial charge in [0.05, 0.1) is 43.8 Å². The Hall–Kier alpha value is -4.71. The van der Waals surface area contributed by atoms with Gasteiger partial charge in [0, 0.05) is 37.6 Å². The first-order valence-electron chi connectivity index (χ1n) is 13.2. The standard InChI is InChI=1S/C29H34N6O6/c1-18-15-35(19(2)17-36)28(38)22-6-5-7-23(33-27(37)24-14-30-12-13-31-24)26(22)41-25(18)16-34(3)29(39)32-20-8-10-21(40-4)11-9-20/h5-14,18-19,25,36H,15-17H2,1-4H3,(H,32,39)(H,33,37)/t18-,19+,25-/m1/s1. The van der Waals surface area contributed by atoms with Gasteiger partial charge in [-0.25, -0.2) is 9.78 Å². The number of likely N-dealkylation sites (N-methyl/N-ethyl adjacent to an activating group) is 1. The highest BCUT2D eigenvalue weighted by atomic mass is 16.5. The van der Waals surface area contributed by atoms with Crippen LogP contribution in [0.5, 0.6) is 11.5 Å². The predicted octanol–water partition coefficient (Wildman–Crippen LogP) is 3.12. The Kier molecular flexibility index (Phi) is 9.35. The van der Waals surface area contributed by atoms with E-state index >= 15 is 0 Å². The number of carbonyl (C=O) groups excluding carboxylic acids is 3. The first kappa shape index (κ1) is 29.3. The summed E-state index contributed by atoms with van der Waals surface area (Å²) in [6, 6.07) is 11.0.